The molecule has 2 bridgehead atoms. The molecule has 5 heterocycles. The molecule has 3 aliphatic heterocycles. The normalized spacial score (nSPS) is 31.1. The third-order valence-electron chi connectivity index (χ3n) is 6.10. The van der Waals surface area contributed by atoms with E-state index in [1.165, 1.54) is 18.4 Å². The second kappa shape index (κ2) is 5.81. The number of nitrogens with zero attached hydrogens (tertiary/aromatic N) is 3. The highest BCUT2D eigenvalue weighted by Crippen LogP contribution is 2.42. The summed E-state index contributed by atoms with van der Waals surface area (Å²) in [4.78, 5) is 11.8. The zero-order chi connectivity index (χ0) is 17.0. The van der Waals surface area contributed by atoms with Crippen molar-refractivity contribution in [2.75, 3.05) is 20.3 Å². The van der Waals surface area contributed by atoms with Gasteiger partial charge in [0.1, 0.15) is 11.3 Å². The van der Waals surface area contributed by atoms with Crippen LogP contribution in [-0.2, 0) is 0 Å². The molecule has 25 heavy (non-hydrogen) atoms. The van der Waals surface area contributed by atoms with Crippen molar-refractivity contribution in [2.45, 2.75) is 49.7 Å². The molecule has 2 fully saturated rings. The molecule has 0 radical (unpaired) electrons. The molecule has 2 aromatic rings. The Morgan fingerprint density at radius 3 is 2.84 bits per heavy atom. The van der Waals surface area contributed by atoms with Crippen LogP contribution < -0.4 is 15.2 Å². The van der Waals surface area contributed by atoms with E-state index in [1.54, 1.807) is 7.11 Å². The van der Waals surface area contributed by atoms with Crippen LogP contribution in [0.25, 0.3) is 11.0 Å². The van der Waals surface area contributed by atoms with E-state index in [2.05, 4.69) is 14.9 Å². The monoisotopic (exact) mass is 340 g/mol. The second-order valence-electron chi connectivity index (χ2n) is 7.58. The summed E-state index contributed by atoms with van der Waals surface area (Å²) in [5.41, 5.74) is 9.24. The summed E-state index contributed by atoms with van der Waals surface area (Å²) < 4.78 is 11.3. The summed E-state index contributed by atoms with van der Waals surface area (Å²) in [6, 6.07) is 5.47. The summed E-state index contributed by atoms with van der Waals surface area (Å²) in [5.74, 6) is 1.83. The fourth-order valence-corrected chi connectivity index (χ4v) is 4.96. The maximum absolute atomic E-state index is 6.23. The van der Waals surface area contributed by atoms with E-state index >= 15 is 0 Å². The van der Waals surface area contributed by atoms with Crippen molar-refractivity contribution in [3.8, 4) is 11.6 Å². The van der Waals surface area contributed by atoms with Gasteiger partial charge in [-0.2, -0.15) is 0 Å². The average Bonchev–Trinajstić information content (AvgIpc) is 3.14. The number of piperidine rings is 1. The van der Waals surface area contributed by atoms with E-state index in [4.69, 9.17) is 15.2 Å². The number of methoxy groups -OCH3 is 1. The fraction of sp³-hybridized carbons (Fsp3) is 0.579. The van der Waals surface area contributed by atoms with Crippen LogP contribution >= 0.6 is 0 Å². The Morgan fingerprint density at radius 1 is 1.28 bits per heavy atom. The summed E-state index contributed by atoms with van der Waals surface area (Å²) in [5, 5.41) is 0. The standard InChI is InChI=1S/C19H24N4O2/c1-24-17-5-4-15-19(22-17)18-11(10-25-16(18)8-21-15)9-23-13-2-3-14(23)7-12(20)6-13/h4-5,8,11-14H,2-3,6-7,9-10,20H2,1H3/t11?,12-,13-,14+. The van der Waals surface area contributed by atoms with Gasteiger partial charge in [0.05, 0.1) is 25.4 Å². The maximum Gasteiger partial charge on any atom is 0.213 e. The second-order valence-corrected chi connectivity index (χ2v) is 7.58. The quantitative estimate of drug-likeness (QED) is 0.922. The van der Waals surface area contributed by atoms with Crippen LogP contribution in [0.3, 0.4) is 0 Å². The highest BCUT2D eigenvalue weighted by Gasteiger charge is 2.42. The molecule has 0 aliphatic carbocycles. The molecular weight excluding hydrogens is 316 g/mol. The summed E-state index contributed by atoms with van der Waals surface area (Å²) in [6.45, 7) is 1.73. The lowest BCUT2D eigenvalue weighted by atomic mass is 9.94. The van der Waals surface area contributed by atoms with E-state index in [0.717, 1.165) is 36.2 Å². The third kappa shape index (κ3) is 2.47. The number of aromatic nitrogens is 2. The van der Waals surface area contributed by atoms with Gasteiger partial charge in [-0.25, -0.2) is 4.98 Å². The molecule has 2 aromatic heterocycles. The zero-order valence-electron chi connectivity index (χ0n) is 14.5. The molecule has 5 rings (SSSR count). The Labute approximate surface area is 147 Å². The Morgan fingerprint density at radius 2 is 2.08 bits per heavy atom. The van der Waals surface area contributed by atoms with E-state index in [1.807, 2.05) is 18.3 Å². The molecule has 0 spiro atoms. The lowest BCUT2D eigenvalue weighted by Crippen LogP contribution is -2.48. The molecule has 2 saturated heterocycles. The topological polar surface area (TPSA) is 73.5 Å². The van der Waals surface area contributed by atoms with Crippen molar-refractivity contribution in [3.63, 3.8) is 0 Å². The van der Waals surface area contributed by atoms with Gasteiger partial charge in [0.25, 0.3) is 0 Å². The third-order valence-corrected chi connectivity index (χ3v) is 6.10. The summed E-state index contributed by atoms with van der Waals surface area (Å²) in [7, 11) is 1.65. The predicted molar refractivity (Wildman–Crippen MR) is 95.1 cm³/mol. The van der Waals surface area contributed by atoms with Crippen molar-refractivity contribution in [3.05, 3.63) is 23.9 Å². The Balaban J connectivity index is 1.49. The van der Waals surface area contributed by atoms with Crippen molar-refractivity contribution in [1.29, 1.82) is 0 Å². The highest BCUT2D eigenvalue weighted by atomic mass is 16.5. The number of hydrogen-bond acceptors (Lipinski definition) is 6. The van der Waals surface area contributed by atoms with Gasteiger partial charge in [-0.1, -0.05) is 0 Å². The first-order valence-electron chi connectivity index (χ1n) is 9.20. The van der Waals surface area contributed by atoms with Crippen molar-refractivity contribution in [1.82, 2.24) is 14.9 Å². The average molecular weight is 340 g/mol. The minimum atomic E-state index is 0.331. The van der Waals surface area contributed by atoms with Crippen LogP contribution in [0.2, 0.25) is 0 Å². The van der Waals surface area contributed by atoms with E-state index in [9.17, 15) is 0 Å². The molecule has 0 amide bonds. The smallest absolute Gasteiger partial charge is 0.213 e. The number of rotatable bonds is 3. The zero-order valence-corrected chi connectivity index (χ0v) is 14.5. The molecule has 1 unspecified atom stereocenters. The first-order chi connectivity index (χ1) is 12.2. The molecule has 0 saturated carbocycles. The van der Waals surface area contributed by atoms with Gasteiger partial charge >= 0.3 is 0 Å². The van der Waals surface area contributed by atoms with Crippen LogP contribution in [0.4, 0.5) is 0 Å². The van der Waals surface area contributed by atoms with Gasteiger partial charge in [0.2, 0.25) is 5.88 Å². The van der Waals surface area contributed by atoms with E-state index in [0.29, 0.717) is 36.5 Å². The van der Waals surface area contributed by atoms with Gasteiger partial charge in [-0.3, -0.25) is 9.88 Å². The number of pyridine rings is 2. The van der Waals surface area contributed by atoms with Crippen LogP contribution in [-0.4, -0.2) is 53.3 Å². The van der Waals surface area contributed by atoms with Crippen LogP contribution in [0, 0.1) is 0 Å². The largest absolute Gasteiger partial charge is 0.491 e. The van der Waals surface area contributed by atoms with Gasteiger partial charge in [-0.15, -0.1) is 0 Å². The lowest BCUT2D eigenvalue weighted by molar-refractivity contribution is 0.115. The Kier molecular flexibility index (Phi) is 3.57. The van der Waals surface area contributed by atoms with Crippen molar-refractivity contribution < 1.29 is 9.47 Å². The van der Waals surface area contributed by atoms with Crippen LogP contribution in [0.15, 0.2) is 18.3 Å². The van der Waals surface area contributed by atoms with Crippen molar-refractivity contribution >= 4 is 11.0 Å². The highest BCUT2D eigenvalue weighted by molar-refractivity contribution is 5.81. The van der Waals surface area contributed by atoms with Gasteiger partial charge in [0.15, 0.2) is 0 Å². The number of hydrogen-bond donors (Lipinski definition) is 1. The first-order valence-corrected chi connectivity index (χ1v) is 9.20. The molecule has 4 atom stereocenters. The van der Waals surface area contributed by atoms with Gasteiger partial charge in [-0.05, 0) is 31.7 Å². The van der Waals surface area contributed by atoms with Crippen LogP contribution in [0.5, 0.6) is 11.6 Å². The molecule has 2 N–H and O–H groups in total. The van der Waals surface area contributed by atoms with E-state index < -0.39 is 0 Å². The Hall–Kier alpha value is -1.92. The Bertz CT molecular complexity index is 797. The molecule has 132 valence electrons. The van der Waals surface area contributed by atoms with Crippen molar-refractivity contribution in [2.24, 2.45) is 5.73 Å². The molecule has 3 aliphatic rings. The van der Waals surface area contributed by atoms with Gasteiger partial charge < -0.3 is 15.2 Å². The fourth-order valence-electron chi connectivity index (χ4n) is 4.96. The maximum atomic E-state index is 6.23. The number of nitrogens with two attached hydrogens (primary N) is 1. The van der Waals surface area contributed by atoms with Gasteiger partial charge in [0, 0.05) is 42.2 Å². The molecular formula is C19H24N4O2. The number of fused-ring (bicyclic) bond motifs is 5. The molecule has 6 heteroatoms. The molecule has 0 aromatic carbocycles. The molecule has 6 nitrogen and oxygen atoms in total. The minimum absolute atomic E-state index is 0.331. The first kappa shape index (κ1) is 15.3. The van der Waals surface area contributed by atoms with Crippen LogP contribution in [0.1, 0.15) is 37.2 Å². The summed E-state index contributed by atoms with van der Waals surface area (Å²) >= 11 is 0. The van der Waals surface area contributed by atoms with E-state index in [-0.39, 0.29) is 0 Å². The number of ether oxygens (including phenoxy) is 2. The predicted octanol–water partition coefficient (Wildman–Crippen LogP) is 2.07. The summed E-state index contributed by atoms with van der Waals surface area (Å²) in [6.07, 6.45) is 6.65. The minimum Gasteiger partial charge on any atom is -0.491 e. The SMILES string of the molecule is COc1ccc2ncc3c(c2n1)C(CN1[C@@H]2CC[C@H]1C[C@H](N)C2)CO3. The lowest BCUT2D eigenvalue weighted by Gasteiger charge is -2.38.